The molecule has 1 aliphatic rings. The van der Waals surface area contributed by atoms with Crippen LogP contribution in [0, 0.1) is 5.92 Å². The van der Waals surface area contributed by atoms with Gasteiger partial charge in [0.1, 0.15) is 5.75 Å². The van der Waals surface area contributed by atoms with Crippen molar-refractivity contribution in [3.8, 4) is 5.75 Å². The number of carbonyl (C=O) groups excluding carboxylic acids is 1. The summed E-state index contributed by atoms with van der Waals surface area (Å²) in [6.45, 7) is 8.43. The van der Waals surface area contributed by atoms with Gasteiger partial charge in [0.05, 0.1) is 11.6 Å². The van der Waals surface area contributed by atoms with Crippen molar-refractivity contribution >= 4 is 23.3 Å². The van der Waals surface area contributed by atoms with Gasteiger partial charge >= 0.3 is 5.97 Å². The van der Waals surface area contributed by atoms with Crippen LogP contribution in [-0.2, 0) is 9.59 Å². The van der Waals surface area contributed by atoms with E-state index in [0.717, 1.165) is 11.3 Å². The number of anilines is 2. The predicted octanol–water partition coefficient (Wildman–Crippen LogP) is 2.15. The van der Waals surface area contributed by atoms with E-state index in [1.54, 1.807) is 18.9 Å². The molecule has 0 bridgehead atoms. The van der Waals surface area contributed by atoms with Crippen LogP contribution in [0.4, 0.5) is 11.4 Å². The number of benzene rings is 1. The van der Waals surface area contributed by atoms with E-state index in [1.807, 2.05) is 30.0 Å². The fourth-order valence-electron chi connectivity index (χ4n) is 2.46. The van der Waals surface area contributed by atoms with Gasteiger partial charge in [0.2, 0.25) is 0 Å². The molecule has 1 N–H and O–H groups in total. The molecular weight excluding hydrogens is 296 g/mol. The van der Waals surface area contributed by atoms with E-state index in [-0.39, 0.29) is 12.5 Å². The molecule has 0 aromatic heterocycles. The fourth-order valence-corrected chi connectivity index (χ4v) is 2.46. The molecule has 23 heavy (non-hydrogen) atoms. The summed E-state index contributed by atoms with van der Waals surface area (Å²) in [4.78, 5) is 26.3. The van der Waals surface area contributed by atoms with E-state index in [9.17, 15) is 9.59 Å². The van der Waals surface area contributed by atoms with Crippen molar-refractivity contribution in [3.63, 3.8) is 0 Å². The van der Waals surface area contributed by atoms with Crippen LogP contribution < -0.4 is 14.5 Å². The summed E-state index contributed by atoms with van der Waals surface area (Å²) in [6.07, 6.45) is 0. The van der Waals surface area contributed by atoms with Crippen LogP contribution in [0.5, 0.6) is 5.75 Å². The van der Waals surface area contributed by atoms with Crippen LogP contribution in [0.1, 0.15) is 13.8 Å². The number of fused-ring (bicyclic) bond motifs is 1. The zero-order chi connectivity index (χ0) is 17.1. The summed E-state index contributed by atoms with van der Waals surface area (Å²) < 4.78 is 5.50. The Kier molecular flexibility index (Phi) is 4.93. The molecule has 1 unspecified atom stereocenters. The zero-order valence-electron chi connectivity index (χ0n) is 13.7. The summed E-state index contributed by atoms with van der Waals surface area (Å²) in [5, 5.41) is 9.15. The molecule has 0 radical (unpaired) electrons. The summed E-state index contributed by atoms with van der Waals surface area (Å²) >= 11 is 0. The van der Waals surface area contributed by atoms with Gasteiger partial charge in [-0.1, -0.05) is 19.1 Å². The number of likely N-dealkylation sites (N-methyl/N-ethyl adjacent to an activating group) is 1. The highest BCUT2D eigenvalue weighted by molar-refractivity contribution is 5.97. The number of hydrogen-bond donors (Lipinski definition) is 1. The molecule has 0 saturated carbocycles. The number of nitrogens with zero attached hydrogens (tertiary/aromatic N) is 2. The Bertz CT molecular complexity index is 641. The summed E-state index contributed by atoms with van der Waals surface area (Å²) in [5.41, 5.74) is 2.50. The van der Waals surface area contributed by atoms with Gasteiger partial charge in [0.25, 0.3) is 5.91 Å². The maximum atomic E-state index is 11.7. The standard InChI is InChI=1S/C17H22N2O4/c1-11(2)8-19(9-12(3)17(21)22)13-5-6-14-15(7-13)23-10-16(20)18(14)4/h5-7,12H,1,8-10H2,2-4H3,(H,21,22). The highest BCUT2D eigenvalue weighted by atomic mass is 16.5. The lowest BCUT2D eigenvalue weighted by Gasteiger charge is -2.30. The molecule has 0 fully saturated rings. The van der Waals surface area contributed by atoms with Crippen LogP contribution in [-0.4, -0.2) is 43.7 Å². The third-order valence-corrected chi connectivity index (χ3v) is 3.77. The Morgan fingerprint density at radius 1 is 1.52 bits per heavy atom. The third-order valence-electron chi connectivity index (χ3n) is 3.77. The number of ether oxygens (including phenoxy) is 1. The van der Waals surface area contributed by atoms with Crippen molar-refractivity contribution in [2.75, 3.05) is 36.5 Å². The number of hydrogen-bond acceptors (Lipinski definition) is 4. The van der Waals surface area contributed by atoms with Gasteiger partial charge in [0, 0.05) is 31.9 Å². The predicted molar refractivity (Wildman–Crippen MR) is 89.2 cm³/mol. The highest BCUT2D eigenvalue weighted by Gasteiger charge is 2.24. The number of carbonyl (C=O) groups is 2. The molecule has 124 valence electrons. The van der Waals surface area contributed by atoms with Gasteiger partial charge in [-0.15, -0.1) is 0 Å². The molecule has 6 heteroatoms. The lowest BCUT2D eigenvalue weighted by atomic mass is 10.1. The minimum atomic E-state index is -0.837. The van der Waals surface area contributed by atoms with Crippen LogP contribution in [0.2, 0.25) is 0 Å². The highest BCUT2D eigenvalue weighted by Crippen LogP contribution is 2.35. The maximum Gasteiger partial charge on any atom is 0.308 e. The quantitative estimate of drug-likeness (QED) is 0.814. The van der Waals surface area contributed by atoms with Crippen molar-refractivity contribution in [3.05, 3.63) is 30.4 Å². The third kappa shape index (κ3) is 3.83. The summed E-state index contributed by atoms with van der Waals surface area (Å²) in [7, 11) is 1.71. The lowest BCUT2D eigenvalue weighted by Crippen LogP contribution is -2.36. The fraction of sp³-hybridized carbons (Fsp3) is 0.412. The second-order valence-electron chi connectivity index (χ2n) is 5.97. The van der Waals surface area contributed by atoms with E-state index in [2.05, 4.69) is 6.58 Å². The Balaban J connectivity index is 2.30. The zero-order valence-corrected chi connectivity index (χ0v) is 13.7. The van der Waals surface area contributed by atoms with Crippen molar-refractivity contribution < 1.29 is 19.4 Å². The molecule has 1 aromatic carbocycles. The minimum absolute atomic E-state index is 0.0129. The molecule has 1 amide bonds. The van der Waals surface area contributed by atoms with Crippen molar-refractivity contribution in [1.82, 2.24) is 0 Å². The summed E-state index contributed by atoms with van der Waals surface area (Å²) in [5.74, 6) is -0.811. The minimum Gasteiger partial charge on any atom is -0.481 e. The van der Waals surface area contributed by atoms with Crippen molar-refractivity contribution in [1.29, 1.82) is 0 Å². The maximum absolute atomic E-state index is 11.7. The van der Waals surface area contributed by atoms with Gasteiger partial charge < -0.3 is 19.6 Å². The number of rotatable bonds is 6. The van der Waals surface area contributed by atoms with Crippen LogP contribution in [0.15, 0.2) is 30.4 Å². The molecule has 0 spiro atoms. The van der Waals surface area contributed by atoms with Gasteiger partial charge in [-0.3, -0.25) is 9.59 Å². The first-order chi connectivity index (χ1) is 10.8. The number of carboxylic acid groups (broad SMARTS) is 1. The van der Waals surface area contributed by atoms with Crippen LogP contribution in [0.3, 0.4) is 0 Å². The van der Waals surface area contributed by atoms with E-state index >= 15 is 0 Å². The monoisotopic (exact) mass is 318 g/mol. The second-order valence-corrected chi connectivity index (χ2v) is 5.97. The van der Waals surface area contributed by atoms with Gasteiger partial charge in [0.15, 0.2) is 6.61 Å². The number of amides is 1. The van der Waals surface area contributed by atoms with E-state index < -0.39 is 11.9 Å². The van der Waals surface area contributed by atoms with Crippen LogP contribution >= 0.6 is 0 Å². The first kappa shape index (κ1) is 16.9. The Morgan fingerprint density at radius 2 is 2.22 bits per heavy atom. The largest absolute Gasteiger partial charge is 0.481 e. The molecule has 0 saturated heterocycles. The second kappa shape index (κ2) is 6.73. The van der Waals surface area contributed by atoms with Crippen molar-refractivity contribution in [2.24, 2.45) is 5.92 Å². The molecule has 1 atom stereocenters. The topological polar surface area (TPSA) is 70.1 Å². The Labute approximate surface area is 136 Å². The lowest BCUT2D eigenvalue weighted by molar-refractivity contribution is -0.140. The average Bonchev–Trinajstić information content (AvgIpc) is 2.49. The molecule has 1 heterocycles. The van der Waals surface area contributed by atoms with Crippen molar-refractivity contribution in [2.45, 2.75) is 13.8 Å². The van der Waals surface area contributed by atoms with E-state index in [4.69, 9.17) is 9.84 Å². The molecule has 2 rings (SSSR count). The SMILES string of the molecule is C=C(C)CN(CC(C)C(=O)O)c1ccc2c(c1)OCC(=O)N2C. The number of carboxylic acids is 1. The van der Waals surface area contributed by atoms with E-state index in [1.165, 1.54) is 0 Å². The molecule has 1 aliphatic heterocycles. The molecule has 6 nitrogen and oxygen atoms in total. The van der Waals surface area contributed by atoms with Gasteiger partial charge in [-0.2, -0.15) is 0 Å². The Hall–Kier alpha value is -2.50. The first-order valence-corrected chi connectivity index (χ1v) is 7.45. The number of aliphatic carboxylic acids is 1. The first-order valence-electron chi connectivity index (χ1n) is 7.45. The van der Waals surface area contributed by atoms with E-state index in [0.29, 0.717) is 24.5 Å². The summed E-state index contributed by atoms with van der Waals surface area (Å²) in [6, 6.07) is 5.53. The van der Waals surface area contributed by atoms with Crippen LogP contribution in [0.25, 0.3) is 0 Å². The van der Waals surface area contributed by atoms with Gasteiger partial charge in [-0.05, 0) is 19.1 Å². The normalized spacial score (nSPS) is 14.7. The Morgan fingerprint density at radius 3 is 2.83 bits per heavy atom. The average molecular weight is 318 g/mol. The smallest absolute Gasteiger partial charge is 0.308 e. The molecule has 1 aromatic rings. The molecular formula is C17H22N2O4. The molecule has 0 aliphatic carbocycles. The van der Waals surface area contributed by atoms with Gasteiger partial charge in [-0.25, -0.2) is 0 Å².